The molecular formula is C16H16ClNO3. The number of halogens is 1. The molecule has 0 radical (unpaired) electrons. The molecule has 0 saturated heterocycles. The van der Waals surface area contributed by atoms with Crippen LogP contribution in [0.5, 0.6) is 5.75 Å². The standard InChI is InChI=1S/C16H16ClNO3/c1-11-14(17)6-3-7-15(11)21-10-16(20)18-13-5-2-4-12(8-13)9-19/h2-8,19H,9-10H2,1H3,(H,18,20). The van der Waals surface area contributed by atoms with Crippen molar-refractivity contribution in [2.45, 2.75) is 13.5 Å². The van der Waals surface area contributed by atoms with E-state index in [1.807, 2.05) is 6.92 Å². The molecule has 2 aromatic carbocycles. The first-order chi connectivity index (χ1) is 10.1. The molecule has 0 atom stereocenters. The third kappa shape index (κ3) is 4.21. The van der Waals surface area contributed by atoms with Crippen molar-refractivity contribution < 1.29 is 14.6 Å². The summed E-state index contributed by atoms with van der Waals surface area (Å²) in [5.74, 6) is 0.311. The van der Waals surface area contributed by atoms with Crippen molar-refractivity contribution in [1.29, 1.82) is 0 Å². The second kappa shape index (κ2) is 7.11. The predicted octanol–water partition coefficient (Wildman–Crippen LogP) is 3.16. The van der Waals surface area contributed by atoms with Crippen LogP contribution < -0.4 is 10.1 Å². The maximum Gasteiger partial charge on any atom is 0.262 e. The summed E-state index contributed by atoms with van der Waals surface area (Å²) in [7, 11) is 0. The lowest BCUT2D eigenvalue weighted by atomic mass is 10.2. The Labute approximate surface area is 128 Å². The van der Waals surface area contributed by atoms with Crippen LogP contribution in [0.2, 0.25) is 5.02 Å². The molecule has 0 heterocycles. The van der Waals surface area contributed by atoms with Gasteiger partial charge < -0.3 is 15.2 Å². The van der Waals surface area contributed by atoms with Gasteiger partial charge in [-0.05, 0) is 36.8 Å². The number of hydrogen-bond donors (Lipinski definition) is 2. The smallest absolute Gasteiger partial charge is 0.262 e. The van der Waals surface area contributed by atoms with E-state index >= 15 is 0 Å². The molecule has 21 heavy (non-hydrogen) atoms. The summed E-state index contributed by atoms with van der Waals surface area (Å²) < 4.78 is 5.46. The van der Waals surface area contributed by atoms with Crippen molar-refractivity contribution >= 4 is 23.2 Å². The van der Waals surface area contributed by atoms with E-state index in [0.29, 0.717) is 16.5 Å². The van der Waals surface area contributed by atoms with E-state index < -0.39 is 0 Å². The first kappa shape index (κ1) is 15.4. The lowest BCUT2D eigenvalue weighted by Crippen LogP contribution is -2.20. The number of benzene rings is 2. The minimum absolute atomic E-state index is 0.0675. The first-order valence-corrected chi connectivity index (χ1v) is 6.85. The zero-order valence-electron chi connectivity index (χ0n) is 11.6. The molecule has 0 bridgehead atoms. The van der Waals surface area contributed by atoms with Crippen LogP contribution in [0.1, 0.15) is 11.1 Å². The Morgan fingerprint density at radius 1 is 1.29 bits per heavy atom. The number of anilines is 1. The minimum atomic E-state index is -0.274. The molecule has 110 valence electrons. The van der Waals surface area contributed by atoms with Crippen molar-refractivity contribution in [1.82, 2.24) is 0 Å². The molecule has 0 aliphatic rings. The molecule has 5 heteroatoms. The second-order valence-electron chi connectivity index (χ2n) is 4.56. The Hall–Kier alpha value is -2.04. The van der Waals surface area contributed by atoms with Crippen LogP contribution in [0, 0.1) is 6.92 Å². The number of ether oxygens (including phenoxy) is 1. The molecule has 2 N–H and O–H groups in total. The molecule has 2 rings (SSSR count). The average molecular weight is 306 g/mol. The fourth-order valence-corrected chi connectivity index (χ4v) is 2.00. The Bertz CT molecular complexity index is 643. The quantitative estimate of drug-likeness (QED) is 0.892. The largest absolute Gasteiger partial charge is 0.483 e. The van der Waals surface area contributed by atoms with Gasteiger partial charge in [0, 0.05) is 16.3 Å². The van der Waals surface area contributed by atoms with E-state index in [9.17, 15) is 4.79 Å². The van der Waals surface area contributed by atoms with Gasteiger partial charge in [-0.3, -0.25) is 4.79 Å². The molecule has 1 amide bonds. The molecule has 0 aliphatic heterocycles. The summed E-state index contributed by atoms with van der Waals surface area (Å²) in [5, 5.41) is 12.4. The van der Waals surface area contributed by atoms with E-state index in [4.69, 9.17) is 21.4 Å². The predicted molar refractivity (Wildman–Crippen MR) is 82.7 cm³/mol. The normalized spacial score (nSPS) is 10.2. The van der Waals surface area contributed by atoms with Crippen molar-refractivity contribution in [2.24, 2.45) is 0 Å². The van der Waals surface area contributed by atoms with Crippen LogP contribution in [-0.2, 0) is 11.4 Å². The summed E-state index contributed by atoms with van der Waals surface area (Å²) in [5.41, 5.74) is 2.16. The summed E-state index contributed by atoms with van der Waals surface area (Å²) in [6.45, 7) is 1.66. The van der Waals surface area contributed by atoms with Gasteiger partial charge in [-0.25, -0.2) is 0 Å². The highest BCUT2D eigenvalue weighted by atomic mass is 35.5. The van der Waals surface area contributed by atoms with Gasteiger partial charge in [0.1, 0.15) is 5.75 Å². The zero-order chi connectivity index (χ0) is 15.2. The molecule has 0 saturated carbocycles. The van der Waals surface area contributed by atoms with Crippen LogP contribution in [0.4, 0.5) is 5.69 Å². The lowest BCUT2D eigenvalue weighted by molar-refractivity contribution is -0.118. The Morgan fingerprint density at radius 2 is 2.05 bits per heavy atom. The van der Waals surface area contributed by atoms with Crippen molar-refractivity contribution in [2.75, 3.05) is 11.9 Å². The maximum absolute atomic E-state index is 11.9. The number of rotatable bonds is 5. The van der Waals surface area contributed by atoms with Gasteiger partial charge in [-0.1, -0.05) is 29.8 Å². The van der Waals surface area contributed by atoms with Crippen molar-refractivity contribution in [3.05, 3.63) is 58.6 Å². The number of carbonyl (C=O) groups excluding carboxylic acids is 1. The highest BCUT2D eigenvalue weighted by Crippen LogP contribution is 2.24. The Morgan fingerprint density at radius 3 is 2.81 bits per heavy atom. The molecule has 0 unspecified atom stereocenters. The summed E-state index contributed by atoms with van der Waals surface area (Å²) in [4.78, 5) is 11.9. The molecule has 0 aliphatic carbocycles. The highest BCUT2D eigenvalue weighted by Gasteiger charge is 2.07. The Kier molecular flexibility index (Phi) is 5.20. The van der Waals surface area contributed by atoms with Gasteiger partial charge in [-0.15, -0.1) is 0 Å². The summed E-state index contributed by atoms with van der Waals surface area (Å²) in [6, 6.07) is 12.3. The number of aliphatic hydroxyl groups excluding tert-OH is 1. The van der Waals surface area contributed by atoms with Crippen LogP contribution in [-0.4, -0.2) is 17.6 Å². The SMILES string of the molecule is Cc1c(Cl)cccc1OCC(=O)Nc1cccc(CO)c1. The van der Waals surface area contributed by atoms with Crippen molar-refractivity contribution in [3.8, 4) is 5.75 Å². The molecular weight excluding hydrogens is 290 g/mol. The third-order valence-corrected chi connectivity index (χ3v) is 3.38. The van der Waals surface area contributed by atoms with E-state index in [1.54, 1.807) is 42.5 Å². The number of amides is 1. The lowest BCUT2D eigenvalue weighted by Gasteiger charge is -2.10. The maximum atomic E-state index is 11.9. The third-order valence-electron chi connectivity index (χ3n) is 2.97. The van der Waals surface area contributed by atoms with Crippen LogP contribution in [0.3, 0.4) is 0 Å². The van der Waals surface area contributed by atoms with Gasteiger partial charge in [0.25, 0.3) is 5.91 Å². The fourth-order valence-electron chi connectivity index (χ4n) is 1.83. The van der Waals surface area contributed by atoms with E-state index in [2.05, 4.69) is 5.32 Å². The van der Waals surface area contributed by atoms with Crippen LogP contribution in [0.25, 0.3) is 0 Å². The molecule has 0 spiro atoms. The molecule has 0 aromatic heterocycles. The first-order valence-electron chi connectivity index (χ1n) is 6.47. The van der Waals surface area contributed by atoms with E-state index in [0.717, 1.165) is 11.1 Å². The van der Waals surface area contributed by atoms with Crippen LogP contribution in [0.15, 0.2) is 42.5 Å². The van der Waals surface area contributed by atoms with Gasteiger partial charge in [0.2, 0.25) is 0 Å². The number of carbonyl (C=O) groups is 1. The zero-order valence-corrected chi connectivity index (χ0v) is 12.4. The van der Waals surface area contributed by atoms with Gasteiger partial charge in [0.05, 0.1) is 6.61 Å². The summed E-state index contributed by atoms with van der Waals surface area (Å²) >= 11 is 5.99. The summed E-state index contributed by atoms with van der Waals surface area (Å²) in [6.07, 6.45) is 0. The van der Waals surface area contributed by atoms with Crippen molar-refractivity contribution in [3.63, 3.8) is 0 Å². The second-order valence-corrected chi connectivity index (χ2v) is 4.97. The number of nitrogens with one attached hydrogen (secondary N) is 1. The van der Waals surface area contributed by atoms with Gasteiger partial charge in [-0.2, -0.15) is 0 Å². The van der Waals surface area contributed by atoms with E-state index in [-0.39, 0.29) is 19.1 Å². The van der Waals surface area contributed by atoms with Gasteiger partial charge >= 0.3 is 0 Å². The number of aliphatic hydroxyl groups is 1. The van der Waals surface area contributed by atoms with Crippen LogP contribution >= 0.6 is 11.6 Å². The monoisotopic (exact) mass is 305 g/mol. The molecule has 0 fully saturated rings. The number of hydrogen-bond acceptors (Lipinski definition) is 3. The minimum Gasteiger partial charge on any atom is -0.483 e. The molecule has 4 nitrogen and oxygen atoms in total. The fraction of sp³-hybridized carbons (Fsp3) is 0.188. The molecule has 2 aromatic rings. The van der Waals surface area contributed by atoms with Gasteiger partial charge in [0.15, 0.2) is 6.61 Å². The van der Waals surface area contributed by atoms with E-state index in [1.165, 1.54) is 0 Å². The Balaban J connectivity index is 1.94. The highest BCUT2D eigenvalue weighted by molar-refractivity contribution is 6.31. The average Bonchev–Trinajstić information content (AvgIpc) is 2.49. The topological polar surface area (TPSA) is 58.6 Å².